The minimum Gasteiger partial charge on any atom is -0.506 e. The quantitative estimate of drug-likeness (QED) is 0.811. The number of alkyl halides is 3. The van der Waals surface area contributed by atoms with E-state index in [1.807, 2.05) is 0 Å². The minimum absolute atomic E-state index is 0.190. The summed E-state index contributed by atoms with van der Waals surface area (Å²) in [7, 11) is 1.12. The van der Waals surface area contributed by atoms with E-state index in [0.29, 0.717) is 4.68 Å². The van der Waals surface area contributed by atoms with Crippen molar-refractivity contribution in [2.75, 3.05) is 0 Å². The summed E-state index contributed by atoms with van der Waals surface area (Å²) in [5.74, 6) is -1.29. The van der Waals surface area contributed by atoms with Gasteiger partial charge in [-0.1, -0.05) is 11.6 Å². The fraction of sp³-hybridized carbons (Fsp3) is 0.250. The Balaban J connectivity index is 2.70. The second kappa shape index (κ2) is 4.66. The molecule has 108 valence electrons. The number of phenols is 1. The second-order valence-electron chi connectivity index (χ2n) is 4.23. The van der Waals surface area contributed by atoms with Crippen LogP contribution in [0.1, 0.15) is 11.3 Å². The highest BCUT2D eigenvalue weighted by atomic mass is 35.5. The van der Waals surface area contributed by atoms with Gasteiger partial charge in [0.25, 0.3) is 0 Å². The molecule has 0 fully saturated rings. The van der Waals surface area contributed by atoms with Gasteiger partial charge in [0.15, 0.2) is 0 Å². The first-order valence-electron chi connectivity index (χ1n) is 5.42. The predicted molar refractivity (Wildman–Crippen MR) is 65.0 cm³/mol. The van der Waals surface area contributed by atoms with Gasteiger partial charge in [0.1, 0.15) is 17.3 Å². The van der Waals surface area contributed by atoms with Crippen LogP contribution in [0.5, 0.6) is 5.75 Å². The van der Waals surface area contributed by atoms with Crippen molar-refractivity contribution in [2.45, 2.75) is 13.1 Å². The average Bonchev–Trinajstić information content (AvgIpc) is 2.58. The summed E-state index contributed by atoms with van der Waals surface area (Å²) >= 11 is 5.53. The summed E-state index contributed by atoms with van der Waals surface area (Å²) in [6.07, 6.45) is -4.60. The molecule has 0 spiro atoms. The molecule has 1 aromatic carbocycles. The van der Waals surface area contributed by atoms with Crippen LogP contribution < -0.4 is 0 Å². The van der Waals surface area contributed by atoms with E-state index in [0.717, 1.165) is 19.2 Å². The molecule has 1 aromatic heterocycles. The van der Waals surface area contributed by atoms with Gasteiger partial charge < -0.3 is 5.11 Å². The smallest absolute Gasteiger partial charge is 0.433 e. The summed E-state index contributed by atoms with van der Waals surface area (Å²) in [6.45, 7) is 1.19. The van der Waals surface area contributed by atoms with E-state index in [1.54, 1.807) is 0 Å². The molecule has 0 unspecified atom stereocenters. The lowest BCUT2D eigenvalue weighted by Crippen LogP contribution is -2.13. The van der Waals surface area contributed by atoms with Gasteiger partial charge in [-0.05, 0) is 19.1 Å². The maximum Gasteiger partial charge on any atom is 0.433 e. The van der Waals surface area contributed by atoms with E-state index in [-0.39, 0.29) is 21.8 Å². The minimum atomic E-state index is -4.60. The van der Waals surface area contributed by atoms with Gasteiger partial charge >= 0.3 is 6.18 Å². The number of benzene rings is 1. The number of hydrogen-bond acceptors (Lipinski definition) is 2. The number of aromatic hydroxyl groups is 1. The number of aryl methyl sites for hydroxylation is 1. The van der Waals surface area contributed by atoms with Crippen LogP contribution in [-0.2, 0) is 13.2 Å². The monoisotopic (exact) mass is 308 g/mol. The molecule has 1 heterocycles. The highest BCUT2D eigenvalue weighted by Crippen LogP contribution is 2.38. The van der Waals surface area contributed by atoms with Crippen molar-refractivity contribution in [3.05, 3.63) is 34.2 Å². The Morgan fingerprint density at radius 2 is 1.90 bits per heavy atom. The first-order valence-corrected chi connectivity index (χ1v) is 5.80. The predicted octanol–water partition coefficient (Wildman–Crippen LogP) is 3.91. The van der Waals surface area contributed by atoms with Crippen molar-refractivity contribution in [1.82, 2.24) is 9.78 Å². The highest BCUT2D eigenvalue weighted by molar-refractivity contribution is 6.32. The van der Waals surface area contributed by atoms with Crippen molar-refractivity contribution >= 4 is 11.6 Å². The molecule has 1 N–H and O–H groups in total. The van der Waals surface area contributed by atoms with E-state index in [1.165, 1.54) is 6.92 Å². The van der Waals surface area contributed by atoms with Crippen LogP contribution in [0.4, 0.5) is 17.6 Å². The van der Waals surface area contributed by atoms with Crippen LogP contribution >= 0.6 is 11.6 Å². The molecular weight excluding hydrogens is 300 g/mol. The number of rotatable bonds is 1. The summed E-state index contributed by atoms with van der Waals surface area (Å²) in [4.78, 5) is 0. The number of halogens is 5. The molecule has 3 nitrogen and oxygen atoms in total. The van der Waals surface area contributed by atoms with Crippen LogP contribution in [0.25, 0.3) is 11.3 Å². The maximum atomic E-state index is 13.8. The number of phenolic OH excluding ortho intramolecular Hbond substituents is 1. The van der Waals surface area contributed by atoms with Crippen LogP contribution in [0.2, 0.25) is 5.02 Å². The lowest BCUT2D eigenvalue weighted by Gasteiger charge is -2.07. The Bertz CT molecular complexity index is 679. The Morgan fingerprint density at radius 1 is 1.30 bits per heavy atom. The summed E-state index contributed by atoms with van der Waals surface area (Å²) in [5.41, 5.74) is -1.62. The van der Waals surface area contributed by atoms with Gasteiger partial charge in [0, 0.05) is 18.2 Å². The largest absolute Gasteiger partial charge is 0.506 e. The van der Waals surface area contributed by atoms with Crippen LogP contribution in [0.3, 0.4) is 0 Å². The number of hydrogen-bond donors (Lipinski definition) is 1. The molecule has 20 heavy (non-hydrogen) atoms. The molecule has 0 bridgehead atoms. The molecular formula is C12H9ClF4N2O. The molecule has 2 aromatic rings. The van der Waals surface area contributed by atoms with Crippen molar-refractivity contribution in [1.29, 1.82) is 0 Å². The zero-order valence-corrected chi connectivity index (χ0v) is 11.1. The molecule has 0 aliphatic rings. The third-order valence-electron chi connectivity index (χ3n) is 2.84. The first-order chi connectivity index (χ1) is 9.12. The van der Waals surface area contributed by atoms with Crippen molar-refractivity contribution < 1.29 is 22.7 Å². The van der Waals surface area contributed by atoms with E-state index >= 15 is 0 Å². The molecule has 8 heteroatoms. The van der Waals surface area contributed by atoms with E-state index in [4.69, 9.17) is 11.6 Å². The number of aromatic nitrogens is 2. The van der Waals surface area contributed by atoms with Crippen LogP contribution in [-0.4, -0.2) is 14.9 Å². The van der Waals surface area contributed by atoms with E-state index in [9.17, 15) is 22.7 Å². The molecule has 0 amide bonds. The van der Waals surface area contributed by atoms with E-state index < -0.39 is 23.4 Å². The third kappa shape index (κ3) is 2.33. The van der Waals surface area contributed by atoms with Crippen LogP contribution in [0, 0.1) is 12.7 Å². The molecule has 0 atom stereocenters. The Kier molecular flexibility index (Phi) is 3.41. The van der Waals surface area contributed by atoms with Gasteiger partial charge in [0.05, 0.1) is 10.7 Å². The highest BCUT2D eigenvalue weighted by Gasteiger charge is 2.38. The van der Waals surface area contributed by atoms with Crippen molar-refractivity contribution in [2.24, 2.45) is 7.05 Å². The zero-order valence-electron chi connectivity index (χ0n) is 10.4. The lowest BCUT2D eigenvalue weighted by atomic mass is 10.1. The fourth-order valence-electron chi connectivity index (χ4n) is 2.00. The number of nitrogens with zero attached hydrogens (tertiary/aromatic N) is 2. The lowest BCUT2D eigenvalue weighted by molar-refractivity contribution is -0.144. The van der Waals surface area contributed by atoms with Gasteiger partial charge in [-0.25, -0.2) is 4.39 Å². The summed E-state index contributed by atoms with van der Waals surface area (Å²) in [5, 5.41) is 12.9. The zero-order chi connectivity index (χ0) is 15.2. The molecule has 0 saturated carbocycles. The van der Waals surface area contributed by atoms with Gasteiger partial charge in [-0.3, -0.25) is 4.68 Å². The molecule has 0 aliphatic carbocycles. The molecule has 0 saturated heterocycles. The Hall–Kier alpha value is -1.76. The Morgan fingerprint density at radius 3 is 2.40 bits per heavy atom. The standard InChI is InChI=1S/C12H9ClF4N2O/c1-5-10(18-19(2)11(5)12(15,16)17)6-3-9(20)7(13)4-8(6)14/h3-4,20H,1-2H3. The van der Waals surface area contributed by atoms with Gasteiger partial charge in [-0.2, -0.15) is 18.3 Å². The topological polar surface area (TPSA) is 38.1 Å². The Labute approximate surface area is 116 Å². The van der Waals surface area contributed by atoms with Gasteiger partial charge in [0.2, 0.25) is 0 Å². The average molecular weight is 309 g/mol. The second-order valence-corrected chi connectivity index (χ2v) is 4.63. The molecule has 2 rings (SSSR count). The van der Waals surface area contributed by atoms with Crippen LogP contribution in [0.15, 0.2) is 12.1 Å². The van der Waals surface area contributed by atoms with E-state index in [2.05, 4.69) is 5.10 Å². The normalized spacial score (nSPS) is 11.9. The molecule has 0 aliphatic heterocycles. The summed E-state index contributed by atoms with van der Waals surface area (Å²) < 4.78 is 53.0. The summed E-state index contributed by atoms with van der Waals surface area (Å²) in [6, 6.07) is 1.78. The van der Waals surface area contributed by atoms with Crippen molar-refractivity contribution in [3.8, 4) is 17.0 Å². The molecule has 0 radical (unpaired) electrons. The maximum absolute atomic E-state index is 13.8. The SMILES string of the molecule is Cc1c(-c2cc(O)c(Cl)cc2F)nn(C)c1C(F)(F)F. The first kappa shape index (κ1) is 14.6. The fourth-order valence-corrected chi connectivity index (χ4v) is 2.15. The third-order valence-corrected chi connectivity index (χ3v) is 3.15. The van der Waals surface area contributed by atoms with Gasteiger partial charge in [-0.15, -0.1) is 0 Å². The van der Waals surface area contributed by atoms with Crippen molar-refractivity contribution in [3.63, 3.8) is 0 Å².